The van der Waals surface area contributed by atoms with Crippen molar-refractivity contribution in [2.75, 3.05) is 13.2 Å². The summed E-state index contributed by atoms with van der Waals surface area (Å²) in [5.74, 6) is 0.681. The number of hydrogen-bond acceptors (Lipinski definition) is 4. The van der Waals surface area contributed by atoms with Gasteiger partial charge in [-0.15, -0.1) is 0 Å². The van der Waals surface area contributed by atoms with Crippen LogP contribution in [0.25, 0.3) is 10.9 Å². The first-order valence-electron chi connectivity index (χ1n) is 8.12. The molecule has 4 nitrogen and oxygen atoms in total. The first-order valence-corrected chi connectivity index (χ1v) is 8.91. The number of aromatic nitrogens is 1. The van der Waals surface area contributed by atoms with Crippen LogP contribution in [0, 0.1) is 6.92 Å². The standard InChI is InChI=1S/C20H20BrNO3/c1-14-7-8-17-18(22-14)9-10-19(20(17)21)25-13-16(23)12-24-11-15-5-3-2-4-6-15/h2-10,16,23H,11-13H2,1H3. The van der Waals surface area contributed by atoms with Crippen molar-refractivity contribution in [2.45, 2.75) is 19.6 Å². The van der Waals surface area contributed by atoms with Gasteiger partial charge in [-0.1, -0.05) is 30.3 Å². The second kappa shape index (κ2) is 8.43. The van der Waals surface area contributed by atoms with Crippen LogP contribution in [0.3, 0.4) is 0 Å². The lowest BCUT2D eigenvalue weighted by molar-refractivity contribution is 0.00539. The van der Waals surface area contributed by atoms with Gasteiger partial charge >= 0.3 is 0 Å². The maximum absolute atomic E-state index is 10.1. The number of benzene rings is 2. The van der Waals surface area contributed by atoms with Crippen molar-refractivity contribution in [3.63, 3.8) is 0 Å². The highest BCUT2D eigenvalue weighted by Crippen LogP contribution is 2.32. The zero-order chi connectivity index (χ0) is 17.6. The van der Waals surface area contributed by atoms with Crippen molar-refractivity contribution in [3.8, 4) is 5.75 Å². The molecule has 0 aliphatic carbocycles. The molecule has 0 amide bonds. The minimum absolute atomic E-state index is 0.165. The molecule has 0 fully saturated rings. The Morgan fingerprint density at radius 3 is 2.64 bits per heavy atom. The first kappa shape index (κ1) is 17.9. The Morgan fingerprint density at radius 2 is 1.84 bits per heavy atom. The van der Waals surface area contributed by atoms with Crippen LogP contribution in [0.2, 0.25) is 0 Å². The van der Waals surface area contributed by atoms with Gasteiger partial charge in [0.2, 0.25) is 0 Å². The van der Waals surface area contributed by atoms with Gasteiger partial charge in [-0.25, -0.2) is 0 Å². The second-order valence-corrected chi connectivity index (χ2v) is 6.66. The van der Waals surface area contributed by atoms with Gasteiger partial charge in [-0.3, -0.25) is 4.98 Å². The summed E-state index contributed by atoms with van der Waals surface area (Å²) < 4.78 is 12.1. The van der Waals surface area contributed by atoms with E-state index in [0.29, 0.717) is 12.4 Å². The highest BCUT2D eigenvalue weighted by atomic mass is 79.9. The van der Waals surface area contributed by atoms with E-state index in [0.717, 1.165) is 26.6 Å². The van der Waals surface area contributed by atoms with Crippen LogP contribution in [-0.2, 0) is 11.3 Å². The molecule has 0 saturated carbocycles. The molecule has 0 aliphatic heterocycles. The molecule has 0 aliphatic rings. The van der Waals surface area contributed by atoms with Crippen molar-refractivity contribution in [1.29, 1.82) is 0 Å². The summed E-state index contributed by atoms with van der Waals surface area (Å²) in [6, 6.07) is 17.6. The van der Waals surface area contributed by atoms with Crippen LogP contribution in [0.5, 0.6) is 5.75 Å². The third-order valence-corrected chi connectivity index (χ3v) is 4.58. The minimum atomic E-state index is -0.692. The Bertz CT molecular complexity index is 839. The second-order valence-electron chi connectivity index (χ2n) is 5.86. The predicted octanol–water partition coefficient (Wildman–Crippen LogP) is 4.26. The van der Waals surface area contributed by atoms with Crippen molar-refractivity contribution in [3.05, 3.63) is 70.3 Å². The van der Waals surface area contributed by atoms with Gasteiger partial charge in [-0.05, 0) is 52.7 Å². The number of aliphatic hydroxyl groups is 1. The van der Waals surface area contributed by atoms with Gasteiger partial charge in [0.05, 0.1) is 23.2 Å². The largest absolute Gasteiger partial charge is 0.490 e. The summed E-state index contributed by atoms with van der Waals surface area (Å²) >= 11 is 3.56. The lowest BCUT2D eigenvalue weighted by Crippen LogP contribution is -2.23. The lowest BCUT2D eigenvalue weighted by atomic mass is 10.2. The minimum Gasteiger partial charge on any atom is -0.490 e. The average molecular weight is 402 g/mol. The van der Waals surface area contributed by atoms with Crippen LogP contribution < -0.4 is 4.74 Å². The van der Waals surface area contributed by atoms with Crippen molar-refractivity contribution >= 4 is 26.8 Å². The summed E-state index contributed by atoms with van der Waals surface area (Å²) in [6.07, 6.45) is -0.692. The Kier molecular flexibility index (Phi) is 6.02. The fourth-order valence-electron chi connectivity index (χ4n) is 2.48. The van der Waals surface area contributed by atoms with E-state index in [4.69, 9.17) is 9.47 Å². The van der Waals surface area contributed by atoms with E-state index in [1.54, 1.807) is 0 Å². The molecule has 1 heterocycles. The lowest BCUT2D eigenvalue weighted by Gasteiger charge is -2.14. The Hall–Kier alpha value is -1.95. The molecule has 25 heavy (non-hydrogen) atoms. The highest BCUT2D eigenvalue weighted by Gasteiger charge is 2.10. The summed E-state index contributed by atoms with van der Waals surface area (Å²) in [5.41, 5.74) is 2.96. The number of hydrogen-bond donors (Lipinski definition) is 1. The van der Waals surface area contributed by atoms with Crippen LogP contribution in [0.1, 0.15) is 11.3 Å². The molecule has 3 aromatic rings. The monoisotopic (exact) mass is 401 g/mol. The quantitative estimate of drug-likeness (QED) is 0.642. The van der Waals surface area contributed by atoms with Gasteiger partial charge in [0, 0.05) is 11.1 Å². The number of pyridine rings is 1. The van der Waals surface area contributed by atoms with Crippen molar-refractivity contribution in [2.24, 2.45) is 0 Å². The van der Waals surface area contributed by atoms with E-state index in [9.17, 15) is 5.11 Å². The maximum Gasteiger partial charge on any atom is 0.134 e. The molecule has 130 valence electrons. The van der Waals surface area contributed by atoms with Gasteiger partial charge in [0.1, 0.15) is 18.5 Å². The molecule has 0 saturated heterocycles. The van der Waals surface area contributed by atoms with Crippen LogP contribution in [0.4, 0.5) is 0 Å². The number of rotatable bonds is 7. The van der Waals surface area contributed by atoms with Crippen LogP contribution >= 0.6 is 15.9 Å². The molecule has 1 unspecified atom stereocenters. The van der Waals surface area contributed by atoms with Gasteiger partial charge in [-0.2, -0.15) is 0 Å². The van der Waals surface area contributed by atoms with E-state index in [2.05, 4.69) is 20.9 Å². The van der Waals surface area contributed by atoms with Crippen LogP contribution in [-0.4, -0.2) is 29.4 Å². The van der Waals surface area contributed by atoms with Crippen LogP contribution in [0.15, 0.2) is 59.1 Å². The third kappa shape index (κ3) is 4.78. The SMILES string of the molecule is Cc1ccc2c(Br)c(OCC(O)COCc3ccccc3)ccc2n1. The summed E-state index contributed by atoms with van der Waals surface area (Å²) in [4.78, 5) is 4.49. The molecule has 1 N–H and O–H groups in total. The zero-order valence-corrected chi connectivity index (χ0v) is 15.6. The fraction of sp³-hybridized carbons (Fsp3) is 0.250. The summed E-state index contributed by atoms with van der Waals surface area (Å²) in [6.45, 7) is 2.82. The molecule has 2 aromatic carbocycles. The molecule has 0 spiro atoms. The topological polar surface area (TPSA) is 51.6 Å². The molecular weight excluding hydrogens is 382 g/mol. The highest BCUT2D eigenvalue weighted by molar-refractivity contribution is 9.10. The third-order valence-electron chi connectivity index (χ3n) is 3.76. The Labute approximate surface area is 155 Å². The van der Waals surface area contributed by atoms with E-state index >= 15 is 0 Å². The van der Waals surface area contributed by atoms with Gasteiger partial charge < -0.3 is 14.6 Å². The number of aliphatic hydroxyl groups excluding tert-OH is 1. The smallest absolute Gasteiger partial charge is 0.134 e. The number of aryl methyl sites for hydroxylation is 1. The summed E-state index contributed by atoms with van der Waals surface area (Å²) in [7, 11) is 0. The average Bonchev–Trinajstić information content (AvgIpc) is 2.62. The van der Waals surface area contributed by atoms with E-state index in [1.165, 1.54) is 0 Å². The molecule has 0 radical (unpaired) electrons. The van der Waals surface area contributed by atoms with Gasteiger partial charge in [0.25, 0.3) is 0 Å². The van der Waals surface area contributed by atoms with Crippen molar-refractivity contribution in [1.82, 2.24) is 4.98 Å². The molecule has 3 rings (SSSR count). The maximum atomic E-state index is 10.1. The molecule has 0 bridgehead atoms. The number of ether oxygens (including phenoxy) is 2. The Balaban J connectivity index is 1.53. The molecule has 1 aromatic heterocycles. The number of fused-ring (bicyclic) bond motifs is 1. The van der Waals surface area contributed by atoms with E-state index in [-0.39, 0.29) is 13.2 Å². The van der Waals surface area contributed by atoms with E-state index in [1.807, 2.05) is 61.5 Å². The first-order chi connectivity index (χ1) is 12.1. The molecule has 1 atom stereocenters. The number of nitrogens with zero attached hydrogens (tertiary/aromatic N) is 1. The molecule has 5 heteroatoms. The molecular formula is C20H20BrNO3. The van der Waals surface area contributed by atoms with Crippen molar-refractivity contribution < 1.29 is 14.6 Å². The van der Waals surface area contributed by atoms with Gasteiger partial charge in [0.15, 0.2) is 0 Å². The normalized spacial score (nSPS) is 12.3. The fourth-order valence-corrected chi connectivity index (χ4v) is 3.06. The summed E-state index contributed by atoms with van der Waals surface area (Å²) in [5, 5.41) is 11.0. The zero-order valence-electron chi connectivity index (χ0n) is 14.0. The number of halogens is 1. The van der Waals surface area contributed by atoms with E-state index < -0.39 is 6.10 Å². The predicted molar refractivity (Wildman–Crippen MR) is 102 cm³/mol. The Morgan fingerprint density at radius 1 is 1.04 bits per heavy atom.